The van der Waals surface area contributed by atoms with Gasteiger partial charge in [0.1, 0.15) is 11.4 Å². The van der Waals surface area contributed by atoms with Crippen molar-refractivity contribution >= 4 is 11.8 Å². The molecule has 1 saturated heterocycles. The Hall–Kier alpha value is -2.88. The molecule has 34 heavy (non-hydrogen) atoms. The number of likely N-dealkylation sites (tertiary alicyclic amines) is 1. The number of fused-ring (bicyclic) bond motifs is 1. The fourth-order valence-corrected chi connectivity index (χ4v) is 4.69. The first-order chi connectivity index (χ1) is 16.1. The minimum atomic E-state index is -4.53. The number of aromatic nitrogens is 2. The summed E-state index contributed by atoms with van der Waals surface area (Å²) in [4.78, 5) is 32.0. The lowest BCUT2D eigenvalue weighted by Gasteiger charge is -2.25. The van der Waals surface area contributed by atoms with Crippen LogP contribution in [-0.2, 0) is 24.1 Å². The van der Waals surface area contributed by atoms with Crippen molar-refractivity contribution in [3.63, 3.8) is 0 Å². The normalized spacial score (nSPS) is 19.3. The molecule has 0 bridgehead atoms. The number of carbonyl (C=O) groups is 2. The van der Waals surface area contributed by atoms with Crippen molar-refractivity contribution in [2.45, 2.75) is 65.0 Å². The zero-order valence-electron chi connectivity index (χ0n) is 19.5. The molecule has 2 aliphatic heterocycles. The summed E-state index contributed by atoms with van der Waals surface area (Å²) < 4.78 is 46.1. The zero-order chi connectivity index (χ0) is 24.6. The average Bonchev–Trinajstić information content (AvgIpc) is 3.40. The molecule has 2 aromatic rings. The van der Waals surface area contributed by atoms with E-state index in [-0.39, 0.29) is 24.5 Å². The van der Waals surface area contributed by atoms with Gasteiger partial charge in [0.05, 0.1) is 30.5 Å². The molecule has 10 heteroatoms. The number of halogens is 3. The lowest BCUT2D eigenvalue weighted by Crippen LogP contribution is -2.34. The second kappa shape index (κ2) is 9.40. The molecule has 0 saturated carbocycles. The Kier molecular flexibility index (Phi) is 6.71. The van der Waals surface area contributed by atoms with E-state index in [9.17, 15) is 22.8 Å². The van der Waals surface area contributed by atoms with Crippen LogP contribution in [0.15, 0.2) is 24.4 Å². The maximum atomic E-state index is 13.4. The molecule has 2 aliphatic rings. The van der Waals surface area contributed by atoms with Gasteiger partial charge in [0.2, 0.25) is 0 Å². The summed E-state index contributed by atoms with van der Waals surface area (Å²) in [5.41, 5.74) is 0.991. The van der Waals surface area contributed by atoms with E-state index in [4.69, 9.17) is 4.74 Å². The van der Waals surface area contributed by atoms with E-state index in [1.807, 2.05) is 30.2 Å². The number of hydrogen-bond acceptors (Lipinski definition) is 4. The van der Waals surface area contributed by atoms with Crippen LogP contribution in [0.1, 0.15) is 77.5 Å². The predicted octanol–water partition coefficient (Wildman–Crippen LogP) is 4.18. The first-order valence-corrected chi connectivity index (χ1v) is 11.5. The number of ether oxygens (including phenoxy) is 1. The third-order valence-corrected chi connectivity index (χ3v) is 6.57. The zero-order valence-corrected chi connectivity index (χ0v) is 19.5. The minimum Gasteiger partial charge on any atom is -0.373 e. The topological polar surface area (TPSA) is 76.5 Å². The summed E-state index contributed by atoms with van der Waals surface area (Å²) in [7, 11) is 0. The maximum Gasteiger partial charge on any atom is 0.433 e. The molecule has 1 fully saturated rings. The van der Waals surface area contributed by atoms with Crippen molar-refractivity contribution in [2.24, 2.45) is 5.92 Å². The Balaban J connectivity index is 1.61. The number of amides is 2. The van der Waals surface area contributed by atoms with Gasteiger partial charge in [-0.25, -0.2) is 0 Å². The second-order valence-corrected chi connectivity index (χ2v) is 9.25. The van der Waals surface area contributed by atoms with Crippen molar-refractivity contribution in [3.8, 4) is 0 Å². The average molecular weight is 479 g/mol. The van der Waals surface area contributed by atoms with Gasteiger partial charge in [-0.2, -0.15) is 13.2 Å². The predicted molar refractivity (Wildman–Crippen MR) is 118 cm³/mol. The number of carbonyl (C=O) groups excluding carboxylic acids is 2. The molecule has 0 spiro atoms. The van der Waals surface area contributed by atoms with Crippen molar-refractivity contribution in [1.29, 1.82) is 0 Å². The quantitative estimate of drug-likeness (QED) is 0.700. The summed E-state index contributed by atoms with van der Waals surface area (Å²) >= 11 is 0. The second-order valence-electron chi connectivity index (χ2n) is 9.25. The first kappa shape index (κ1) is 24.3. The molecule has 7 nitrogen and oxygen atoms in total. The van der Waals surface area contributed by atoms with Gasteiger partial charge in [-0.1, -0.05) is 19.9 Å². The highest BCUT2D eigenvalue weighted by Gasteiger charge is 2.34. The molecule has 2 aromatic heterocycles. The van der Waals surface area contributed by atoms with E-state index in [1.54, 1.807) is 6.07 Å². The van der Waals surface area contributed by atoms with E-state index in [0.717, 1.165) is 25.1 Å². The molecule has 4 rings (SSSR count). The molecular weight excluding hydrogens is 449 g/mol. The van der Waals surface area contributed by atoms with E-state index < -0.39 is 23.8 Å². The lowest BCUT2D eigenvalue weighted by atomic mass is 9.97. The van der Waals surface area contributed by atoms with E-state index in [0.29, 0.717) is 42.2 Å². The number of hydrogen-bond donors (Lipinski definition) is 1. The molecule has 0 aromatic carbocycles. The molecule has 1 N–H and O–H groups in total. The molecule has 184 valence electrons. The van der Waals surface area contributed by atoms with Crippen LogP contribution in [-0.4, -0.2) is 45.5 Å². The highest BCUT2D eigenvalue weighted by Crippen LogP contribution is 2.30. The van der Waals surface area contributed by atoms with Crippen molar-refractivity contribution in [2.75, 3.05) is 13.2 Å². The van der Waals surface area contributed by atoms with Gasteiger partial charge >= 0.3 is 6.18 Å². The van der Waals surface area contributed by atoms with Crippen LogP contribution >= 0.6 is 0 Å². The van der Waals surface area contributed by atoms with Crippen LogP contribution < -0.4 is 5.32 Å². The fourth-order valence-electron chi connectivity index (χ4n) is 4.69. The van der Waals surface area contributed by atoms with Crippen LogP contribution in [0.4, 0.5) is 13.2 Å². The van der Waals surface area contributed by atoms with Crippen LogP contribution in [0.25, 0.3) is 0 Å². The van der Waals surface area contributed by atoms with E-state index >= 15 is 0 Å². The number of nitrogens with one attached hydrogen (secondary N) is 1. The van der Waals surface area contributed by atoms with Crippen LogP contribution in [0, 0.1) is 5.92 Å². The van der Waals surface area contributed by atoms with Crippen LogP contribution in [0.5, 0.6) is 0 Å². The molecule has 2 atom stereocenters. The molecule has 2 amide bonds. The Morgan fingerprint density at radius 1 is 1.24 bits per heavy atom. The molecular formula is C24H29F3N4O3. The maximum absolute atomic E-state index is 13.4. The highest BCUT2D eigenvalue weighted by molar-refractivity contribution is 6.01. The number of pyridine rings is 1. The third kappa shape index (κ3) is 4.68. The smallest absolute Gasteiger partial charge is 0.373 e. The van der Waals surface area contributed by atoms with Gasteiger partial charge in [0, 0.05) is 25.3 Å². The molecule has 0 radical (unpaired) electrons. The summed E-state index contributed by atoms with van der Waals surface area (Å²) in [6, 6.07) is 3.47. The molecule has 4 heterocycles. The number of nitrogens with zero attached hydrogens (tertiary/aromatic N) is 3. The largest absolute Gasteiger partial charge is 0.433 e. The summed E-state index contributed by atoms with van der Waals surface area (Å²) in [5.74, 6) is -0.603. The first-order valence-electron chi connectivity index (χ1n) is 11.5. The molecule has 2 unspecified atom stereocenters. The van der Waals surface area contributed by atoms with Gasteiger partial charge in [-0.05, 0) is 43.4 Å². The Labute approximate surface area is 196 Å². The molecule has 0 aliphatic carbocycles. The Morgan fingerprint density at radius 3 is 2.59 bits per heavy atom. The van der Waals surface area contributed by atoms with Gasteiger partial charge in [-0.3, -0.25) is 14.6 Å². The van der Waals surface area contributed by atoms with Crippen LogP contribution in [0.2, 0.25) is 0 Å². The summed E-state index contributed by atoms with van der Waals surface area (Å²) in [5, 5.41) is 2.94. The van der Waals surface area contributed by atoms with Gasteiger partial charge in [0.25, 0.3) is 11.8 Å². The number of alkyl halides is 3. The number of rotatable bonds is 5. The van der Waals surface area contributed by atoms with Crippen LogP contribution in [0.3, 0.4) is 0 Å². The Morgan fingerprint density at radius 2 is 2.00 bits per heavy atom. The summed E-state index contributed by atoms with van der Waals surface area (Å²) in [6.45, 7) is 7.54. The van der Waals surface area contributed by atoms with Gasteiger partial charge in [0.15, 0.2) is 0 Å². The highest BCUT2D eigenvalue weighted by atomic mass is 19.4. The summed E-state index contributed by atoms with van der Waals surface area (Å²) in [6.07, 6.45) is -1.48. The van der Waals surface area contributed by atoms with Crippen molar-refractivity contribution in [3.05, 3.63) is 52.6 Å². The lowest BCUT2D eigenvalue weighted by molar-refractivity contribution is -0.141. The van der Waals surface area contributed by atoms with E-state index in [1.165, 1.54) is 6.07 Å². The fraction of sp³-hybridized carbons (Fsp3) is 0.542. The van der Waals surface area contributed by atoms with Gasteiger partial charge in [-0.15, -0.1) is 0 Å². The Bertz CT molecular complexity index is 1060. The van der Waals surface area contributed by atoms with Crippen molar-refractivity contribution < 1.29 is 27.5 Å². The monoisotopic (exact) mass is 478 g/mol. The van der Waals surface area contributed by atoms with Gasteiger partial charge < -0.3 is 19.5 Å². The standard InChI is InChI=1S/C24H29F3N4O3/c1-14(2)21(16-6-7-20(28-12-16)24(25,26)27)29-22(32)18-11-17(19-13-34-10-9-31(18)19)23(33)30-8-4-5-15(30)3/h6-7,11-12,14-15,21H,4-5,8-10,13H2,1-3H3,(H,29,32). The minimum absolute atomic E-state index is 0.104. The van der Waals surface area contributed by atoms with E-state index in [2.05, 4.69) is 10.3 Å². The van der Waals surface area contributed by atoms with Crippen molar-refractivity contribution in [1.82, 2.24) is 19.8 Å². The third-order valence-electron chi connectivity index (χ3n) is 6.57. The SMILES string of the molecule is CC(C)C(NC(=O)c1cc(C(=O)N2CCCC2C)c2n1CCOC2)c1ccc(C(F)(F)F)nc1.